The molecular weight excluding hydrogens is 271 g/mol. The van der Waals surface area contributed by atoms with Gasteiger partial charge in [0.2, 0.25) is 0 Å². The van der Waals surface area contributed by atoms with E-state index in [9.17, 15) is 4.39 Å². The van der Waals surface area contributed by atoms with Crippen LogP contribution in [0, 0.1) is 5.82 Å². The first-order chi connectivity index (χ1) is 7.72. The third-order valence-electron chi connectivity index (χ3n) is 2.39. The zero-order valence-electron chi connectivity index (χ0n) is 8.45. The van der Waals surface area contributed by atoms with Crippen molar-refractivity contribution in [3.8, 4) is 11.1 Å². The first kappa shape index (κ1) is 11.3. The van der Waals surface area contributed by atoms with Crippen LogP contribution >= 0.6 is 15.9 Å². The molecule has 0 unspecified atom stereocenters. The second-order valence-electron chi connectivity index (χ2n) is 3.45. The van der Waals surface area contributed by atoms with Crippen LogP contribution < -0.4 is 0 Å². The maximum atomic E-state index is 13.6. The SMILES string of the molecule is OCc1ccc(-c2c(F)cccc2Br)cc1. The Labute approximate surface area is 102 Å². The Morgan fingerprint density at radius 1 is 1.06 bits per heavy atom. The van der Waals surface area contributed by atoms with Crippen molar-refractivity contribution in [2.24, 2.45) is 0 Å². The van der Waals surface area contributed by atoms with Crippen LogP contribution in [0.2, 0.25) is 0 Å². The normalized spacial score (nSPS) is 10.4. The fraction of sp³-hybridized carbons (Fsp3) is 0.0769. The van der Waals surface area contributed by atoms with Crippen LogP contribution in [-0.2, 0) is 6.61 Å². The molecule has 0 radical (unpaired) electrons. The van der Waals surface area contributed by atoms with Crippen molar-refractivity contribution >= 4 is 15.9 Å². The molecule has 1 nitrogen and oxygen atoms in total. The summed E-state index contributed by atoms with van der Waals surface area (Å²) >= 11 is 3.33. The van der Waals surface area contributed by atoms with Crippen LogP contribution in [0.3, 0.4) is 0 Å². The van der Waals surface area contributed by atoms with Crippen LogP contribution in [0.5, 0.6) is 0 Å². The van der Waals surface area contributed by atoms with Crippen LogP contribution in [0.15, 0.2) is 46.9 Å². The Bertz CT molecular complexity index is 474. The van der Waals surface area contributed by atoms with Gasteiger partial charge in [-0.25, -0.2) is 4.39 Å². The first-order valence-corrected chi connectivity index (χ1v) is 5.66. The molecule has 0 fully saturated rings. The van der Waals surface area contributed by atoms with Crippen LogP contribution in [0.1, 0.15) is 5.56 Å². The smallest absolute Gasteiger partial charge is 0.132 e. The molecule has 0 amide bonds. The molecule has 2 rings (SSSR count). The molecule has 2 aromatic carbocycles. The third-order valence-corrected chi connectivity index (χ3v) is 3.05. The van der Waals surface area contributed by atoms with Crippen molar-refractivity contribution < 1.29 is 9.50 Å². The quantitative estimate of drug-likeness (QED) is 0.888. The molecule has 0 atom stereocenters. The van der Waals surface area contributed by atoms with E-state index in [1.54, 1.807) is 36.4 Å². The van der Waals surface area contributed by atoms with Gasteiger partial charge in [0, 0.05) is 10.0 Å². The zero-order valence-corrected chi connectivity index (χ0v) is 10.0. The highest BCUT2D eigenvalue weighted by molar-refractivity contribution is 9.10. The summed E-state index contributed by atoms with van der Waals surface area (Å²) in [5, 5.41) is 8.92. The molecule has 0 spiro atoms. The highest BCUT2D eigenvalue weighted by Gasteiger charge is 2.08. The van der Waals surface area contributed by atoms with Gasteiger partial charge in [0.1, 0.15) is 5.82 Å². The van der Waals surface area contributed by atoms with Crippen molar-refractivity contribution in [2.75, 3.05) is 0 Å². The van der Waals surface area contributed by atoms with Gasteiger partial charge in [-0.05, 0) is 23.3 Å². The predicted molar refractivity (Wildman–Crippen MR) is 65.5 cm³/mol. The summed E-state index contributed by atoms with van der Waals surface area (Å²) in [5.41, 5.74) is 2.16. The average Bonchev–Trinajstić information content (AvgIpc) is 2.30. The van der Waals surface area contributed by atoms with Crippen LogP contribution in [-0.4, -0.2) is 5.11 Å². The molecule has 0 saturated heterocycles. The van der Waals surface area contributed by atoms with Gasteiger partial charge in [-0.2, -0.15) is 0 Å². The van der Waals surface area contributed by atoms with Gasteiger partial charge in [-0.3, -0.25) is 0 Å². The molecule has 0 bridgehead atoms. The Hall–Kier alpha value is -1.19. The number of aliphatic hydroxyl groups is 1. The summed E-state index contributed by atoms with van der Waals surface area (Å²) in [6.45, 7) is -0.00127. The second kappa shape index (κ2) is 4.76. The zero-order chi connectivity index (χ0) is 11.5. The van der Waals surface area contributed by atoms with E-state index in [4.69, 9.17) is 5.11 Å². The maximum absolute atomic E-state index is 13.6. The van der Waals surface area contributed by atoms with Crippen molar-refractivity contribution in [1.29, 1.82) is 0 Å². The van der Waals surface area contributed by atoms with Gasteiger partial charge >= 0.3 is 0 Å². The molecule has 0 saturated carbocycles. The number of hydrogen-bond acceptors (Lipinski definition) is 1. The number of benzene rings is 2. The molecule has 1 N–H and O–H groups in total. The first-order valence-electron chi connectivity index (χ1n) is 4.86. The molecule has 82 valence electrons. The number of halogens is 2. The van der Waals surface area contributed by atoms with Crippen molar-refractivity contribution in [3.05, 3.63) is 58.3 Å². The van der Waals surface area contributed by atoms with Crippen molar-refractivity contribution in [1.82, 2.24) is 0 Å². The van der Waals surface area contributed by atoms with Gasteiger partial charge in [-0.1, -0.05) is 46.3 Å². The van der Waals surface area contributed by atoms with E-state index in [1.807, 2.05) is 0 Å². The summed E-state index contributed by atoms with van der Waals surface area (Å²) in [7, 11) is 0. The molecular formula is C13H10BrFO. The second-order valence-corrected chi connectivity index (χ2v) is 4.31. The summed E-state index contributed by atoms with van der Waals surface area (Å²) < 4.78 is 14.4. The number of hydrogen-bond donors (Lipinski definition) is 1. The molecule has 16 heavy (non-hydrogen) atoms. The molecule has 3 heteroatoms. The molecule has 0 aliphatic heterocycles. The fourth-order valence-corrected chi connectivity index (χ4v) is 2.12. The Kier molecular flexibility index (Phi) is 3.36. The summed E-state index contributed by atoms with van der Waals surface area (Å²) in [6, 6.07) is 12.1. The standard InChI is InChI=1S/C13H10BrFO/c14-11-2-1-3-12(15)13(11)10-6-4-9(8-16)5-7-10/h1-7,16H,8H2. The summed E-state index contributed by atoms with van der Waals surface area (Å²) in [5.74, 6) is -0.258. The van der Waals surface area contributed by atoms with E-state index in [0.717, 1.165) is 15.6 Å². The lowest BCUT2D eigenvalue weighted by Crippen LogP contribution is -1.87. The highest BCUT2D eigenvalue weighted by Crippen LogP contribution is 2.30. The Balaban J connectivity index is 2.50. The molecule has 0 aromatic heterocycles. The lowest BCUT2D eigenvalue weighted by Gasteiger charge is -2.06. The predicted octanol–water partition coefficient (Wildman–Crippen LogP) is 3.75. The van der Waals surface area contributed by atoms with E-state index in [2.05, 4.69) is 15.9 Å². The van der Waals surface area contributed by atoms with Crippen molar-refractivity contribution in [2.45, 2.75) is 6.61 Å². The molecule has 0 aliphatic carbocycles. The minimum atomic E-state index is -0.258. The molecule has 0 heterocycles. The summed E-state index contributed by atoms with van der Waals surface area (Å²) in [6.07, 6.45) is 0. The molecule has 2 aromatic rings. The van der Waals surface area contributed by atoms with Crippen molar-refractivity contribution in [3.63, 3.8) is 0 Å². The lowest BCUT2D eigenvalue weighted by molar-refractivity contribution is 0.282. The van der Waals surface area contributed by atoms with Crippen LogP contribution in [0.4, 0.5) is 4.39 Å². The minimum Gasteiger partial charge on any atom is -0.392 e. The van der Waals surface area contributed by atoms with Gasteiger partial charge in [0.05, 0.1) is 6.61 Å². The number of aliphatic hydroxyl groups excluding tert-OH is 1. The van der Waals surface area contributed by atoms with Gasteiger partial charge in [0.25, 0.3) is 0 Å². The van der Waals surface area contributed by atoms with E-state index in [-0.39, 0.29) is 12.4 Å². The monoisotopic (exact) mass is 280 g/mol. The molecule has 0 aliphatic rings. The maximum Gasteiger partial charge on any atom is 0.132 e. The van der Waals surface area contributed by atoms with E-state index in [0.29, 0.717) is 5.56 Å². The fourth-order valence-electron chi connectivity index (χ4n) is 1.55. The Morgan fingerprint density at radius 3 is 2.31 bits per heavy atom. The third kappa shape index (κ3) is 2.15. The van der Waals surface area contributed by atoms with Gasteiger partial charge < -0.3 is 5.11 Å². The van der Waals surface area contributed by atoms with E-state index in [1.165, 1.54) is 6.07 Å². The minimum absolute atomic E-state index is 0.00127. The van der Waals surface area contributed by atoms with Gasteiger partial charge in [0.15, 0.2) is 0 Å². The summed E-state index contributed by atoms with van der Waals surface area (Å²) in [4.78, 5) is 0. The average molecular weight is 281 g/mol. The van der Waals surface area contributed by atoms with Gasteiger partial charge in [-0.15, -0.1) is 0 Å². The Morgan fingerprint density at radius 2 is 1.75 bits per heavy atom. The highest BCUT2D eigenvalue weighted by atomic mass is 79.9. The van der Waals surface area contributed by atoms with E-state index < -0.39 is 0 Å². The largest absolute Gasteiger partial charge is 0.392 e. The lowest BCUT2D eigenvalue weighted by atomic mass is 10.0. The topological polar surface area (TPSA) is 20.2 Å². The van der Waals surface area contributed by atoms with E-state index >= 15 is 0 Å². The van der Waals surface area contributed by atoms with Crippen LogP contribution in [0.25, 0.3) is 11.1 Å². The number of rotatable bonds is 2.